The minimum Gasteiger partial charge on any atom is -0.497 e. The second-order valence-corrected chi connectivity index (χ2v) is 13.7. The average molecular weight is 641 g/mol. The Labute approximate surface area is 263 Å². The van der Waals surface area contributed by atoms with E-state index in [1.165, 1.54) is 43.4 Å². The minimum atomic E-state index is -4.43. The molecule has 5 rings (SSSR count). The lowest BCUT2D eigenvalue weighted by Gasteiger charge is -2.42. The van der Waals surface area contributed by atoms with Gasteiger partial charge in [-0.3, -0.25) is 14.5 Å². The number of fused-ring (bicyclic) bond motifs is 1. The summed E-state index contributed by atoms with van der Waals surface area (Å²) in [7, 11) is 5.81. The molecule has 0 aromatic heterocycles. The first-order valence-corrected chi connectivity index (χ1v) is 16.0. The van der Waals surface area contributed by atoms with E-state index in [1.807, 2.05) is 36.0 Å². The molecule has 44 heavy (non-hydrogen) atoms. The Morgan fingerprint density at radius 2 is 1.68 bits per heavy atom. The molecule has 0 N–H and O–H groups in total. The topological polar surface area (TPSA) is 99.7 Å². The Balaban J connectivity index is 1.83. The zero-order valence-corrected chi connectivity index (χ0v) is 27.3. The Bertz CT molecular complexity index is 1700. The fourth-order valence-electron chi connectivity index (χ4n) is 6.35. The van der Waals surface area contributed by atoms with Gasteiger partial charge in [0.05, 0.1) is 30.8 Å². The maximum atomic E-state index is 15.2. The first kappa shape index (κ1) is 31.8. The third-order valence-corrected chi connectivity index (χ3v) is 10.2. The lowest BCUT2D eigenvalue weighted by atomic mass is 9.80. The van der Waals surface area contributed by atoms with E-state index in [0.717, 1.165) is 9.87 Å². The second-order valence-electron chi connectivity index (χ2n) is 11.5. The van der Waals surface area contributed by atoms with E-state index < -0.39 is 27.5 Å². The molecule has 0 saturated carbocycles. The highest BCUT2D eigenvalue weighted by Crippen LogP contribution is 2.55. The largest absolute Gasteiger partial charge is 0.497 e. The van der Waals surface area contributed by atoms with Gasteiger partial charge in [0.2, 0.25) is 5.91 Å². The third-order valence-electron chi connectivity index (χ3n) is 8.22. The van der Waals surface area contributed by atoms with Crippen molar-refractivity contribution >= 4 is 39.1 Å². The van der Waals surface area contributed by atoms with Gasteiger partial charge >= 0.3 is 0 Å². The van der Waals surface area contributed by atoms with Gasteiger partial charge in [0.15, 0.2) is 5.54 Å². The zero-order valence-electron chi connectivity index (χ0n) is 25.7. The number of amides is 2. The van der Waals surface area contributed by atoms with Crippen molar-refractivity contribution in [3.8, 4) is 11.5 Å². The van der Waals surface area contributed by atoms with E-state index in [4.69, 9.17) is 21.1 Å². The minimum absolute atomic E-state index is 0.0843. The summed E-state index contributed by atoms with van der Waals surface area (Å²) in [5, 5.41) is 0.322. The summed E-state index contributed by atoms with van der Waals surface area (Å²) in [5.74, 6) is -0.0428. The van der Waals surface area contributed by atoms with E-state index >= 15 is 4.79 Å². The Morgan fingerprint density at radius 3 is 2.30 bits per heavy atom. The van der Waals surface area contributed by atoms with Crippen molar-refractivity contribution in [3.63, 3.8) is 0 Å². The maximum Gasteiger partial charge on any atom is 0.271 e. The summed E-state index contributed by atoms with van der Waals surface area (Å²) in [6.07, 6.45) is 1.12. The molecule has 1 unspecified atom stereocenters. The van der Waals surface area contributed by atoms with Crippen LogP contribution in [0.3, 0.4) is 0 Å². The van der Waals surface area contributed by atoms with Gasteiger partial charge in [0.1, 0.15) is 11.5 Å². The van der Waals surface area contributed by atoms with Crippen molar-refractivity contribution < 1.29 is 27.5 Å². The number of halogens is 1. The predicted octanol–water partition coefficient (Wildman–Crippen LogP) is 3.95. The number of nitrogens with zero attached hydrogens (tertiary/aromatic N) is 4. The van der Waals surface area contributed by atoms with Gasteiger partial charge in [0, 0.05) is 43.3 Å². The van der Waals surface area contributed by atoms with Crippen LogP contribution in [0.4, 0.5) is 5.69 Å². The lowest BCUT2D eigenvalue weighted by Crippen LogP contribution is -2.59. The van der Waals surface area contributed by atoms with Crippen molar-refractivity contribution in [1.82, 2.24) is 14.7 Å². The molecule has 2 atom stereocenters. The molecule has 2 aliphatic rings. The molecular weight excluding hydrogens is 604 g/mol. The van der Waals surface area contributed by atoms with Crippen LogP contribution < -0.4 is 13.8 Å². The SMILES string of the molecule is COc1ccc(S(=O)(=O)N2C(=O)[C@](c3ccc(CN(C)C)cc3OC)(N3CCCC3C(=O)N(C)C)c3cc(Cl)ccc32)cc1. The van der Waals surface area contributed by atoms with E-state index in [1.54, 1.807) is 38.4 Å². The second kappa shape index (κ2) is 12.0. The molecule has 0 aliphatic carbocycles. The van der Waals surface area contributed by atoms with Crippen LogP contribution >= 0.6 is 11.6 Å². The molecule has 2 amide bonds. The number of hydrogen-bond donors (Lipinski definition) is 0. The molecule has 3 aromatic carbocycles. The van der Waals surface area contributed by atoms with Crippen molar-refractivity contribution in [1.29, 1.82) is 0 Å². The number of carbonyl (C=O) groups excluding carboxylic acids is 2. The van der Waals surface area contributed by atoms with E-state index in [2.05, 4.69) is 0 Å². The summed E-state index contributed by atoms with van der Waals surface area (Å²) < 4.78 is 40.8. The molecule has 0 spiro atoms. The van der Waals surface area contributed by atoms with Crippen LogP contribution in [0, 0.1) is 0 Å². The molecule has 234 valence electrons. The van der Waals surface area contributed by atoms with Crippen LogP contribution in [-0.4, -0.2) is 89.9 Å². The number of benzene rings is 3. The molecule has 1 fully saturated rings. The number of sulfonamides is 1. The fraction of sp³-hybridized carbons (Fsp3) is 0.375. The maximum absolute atomic E-state index is 15.2. The molecule has 0 radical (unpaired) electrons. The normalized spacial score (nSPS) is 20.2. The molecular formula is C32H37ClN4O6S. The molecule has 10 nitrogen and oxygen atoms in total. The number of ether oxygens (including phenoxy) is 2. The number of likely N-dealkylation sites (tertiary alicyclic amines) is 1. The van der Waals surface area contributed by atoms with Crippen LogP contribution in [-0.2, 0) is 31.7 Å². The summed E-state index contributed by atoms with van der Waals surface area (Å²) in [4.78, 5) is 34.1. The van der Waals surface area contributed by atoms with Crippen molar-refractivity contribution in [2.75, 3.05) is 53.3 Å². The summed E-state index contributed by atoms with van der Waals surface area (Å²) >= 11 is 6.59. The molecule has 12 heteroatoms. The van der Waals surface area contributed by atoms with Gasteiger partial charge in [-0.15, -0.1) is 0 Å². The summed E-state index contributed by atoms with van der Waals surface area (Å²) in [5.41, 5.74) is 0.158. The number of likely N-dealkylation sites (N-methyl/N-ethyl adjacent to an activating group) is 1. The number of hydrogen-bond acceptors (Lipinski definition) is 8. The quantitative estimate of drug-likeness (QED) is 0.347. The van der Waals surface area contributed by atoms with Gasteiger partial charge in [-0.25, -0.2) is 12.7 Å². The zero-order chi connectivity index (χ0) is 32.0. The number of methoxy groups -OCH3 is 2. The standard InChI is InChI=1S/C32H37ClN4O6S/c1-34(2)20-21-9-15-25(29(18-21)43-6)32(36-17-7-8-28(36)30(38)35(3)4)26-19-22(33)10-16-27(26)37(31(32)39)44(40,41)24-13-11-23(42-5)12-14-24/h9-16,18-19,28H,7-8,17,20H2,1-6H3/t28?,32-/m1/s1. The van der Waals surface area contributed by atoms with Crippen molar-refractivity contribution in [2.45, 2.75) is 35.9 Å². The summed E-state index contributed by atoms with van der Waals surface area (Å²) in [6.45, 7) is 0.977. The van der Waals surface area contributed by atoms with Crippen LogP contribution in [0.1, 0.15) is 29.5 Å². The molecule has 2 aliphatic heterocycles. The first-order valence-electron chi connectivity index (χ1n) is 14.2. The van der Waals surface area contributed by atoms with Crippen molar-refractivity contribution in [2.24, 2.45) is 0 Å². The Hall–Kier alpha value is -3.64. The van der Waals surface area contributed by atoms with Gasteiger partial charge in [-0.05, 0) is 81.0 Å². The highest BCUT2D eigenvalue weighted by atomic mass is 35.5. The highest BCUT2D eigenvalue weighted by molar-refractivity contribution is 7.93. The molecule has 0 bridgehead atoms. The van der Waals surface area contributed by atoms with E-state index in [0.29, 0.717) is 53.6 Å². The first-order chi connectivity index (χ1) is 20.9. The van der Waals surface area contributed by atoms with Gasteiger partial charge in [0.25, 0.3) is 15.9 Å². The number of rotatable bonds is 9. The highest BCUT2D eigenvalue weighted by Gasteiger charge is 2.63. The molecule has 2 heterocycles. The van der Waals surface area contributed by atoms with Gasteiger partial charge < -0.3 is 19.3 Å². The van der Waals surface area contributed by atoms with E-state index in [9.17, 15) is 13.2 Å². The van der Waals surface area contributed by atoms with E-state index in [-0.39, 0.29) is 16.5 Å². The number of anilines is 1. The van der Waals surface area contributed by atoms with Gasteiger partial charge in [-0.2, -0.15) is 0 Å². The lowest BCUT2D eigenvalue weighted by molar-refractivity contribution is -0.138. The van der Waals surface area contributed by atoms with Crippen LogP contribution in [0.2, 0.25) is 5.02 Å². The summed E-state index contributed by atoms with van der Waals surface area (Å²) in [6, 6.07) is 15.5. The van der Waals surface area contributed by atoms with Gasteiger partial charge in [-0.1, -0.05) is 23.7 Å². The van der Waals surface area contributed by atoms with Crippen LogP contribution in [0.15, 0.2) is 65.6 Å². The number of carbonyl (C=O) groups is 2. The van der Waals surface area contributed by atoms with Crippen LogP contribution in [0.25, 0.3) is 0 Å². The smallest absolute Gasteiger partial charge is 0.271 e. The Morgan fingerprint density at radius 1 is 0.977 bits per heavy atom. The van der Waals surface area contributed by atoms with Crippen LogP contribution in [0.5, 0.6) is 11.5 Å². The van der Waals surface area contributed by atoms with Crippen molar-refractivity contribution in [3.05, 3.63) is 82.4 Å². The fourth-order valence-corrected chi connectivity index (χ4v) is 7.98. The molecule has 3 aromatic rings. The predicted molar refractivity (Wildman–Crippen MR) is 169 cm³/mol. The molecule has 1 saturated heterocycles. The Kier molecular flexibility index (Phi) is 8.69. The average Bonchev–Trinajstić information content (AvgIpc) is 3.57. The monoisotopic (exact) mass is 640 g/mol. The third kappa shape index (κ3) is 5.11.